The molecule has 1 N–H and O–H groups in total. The van der Waals surface area contributed by atoms with Crippen LogP contribution in [0.15, 0.2) is 54.6 Å². The number of carboxylic acids is 1. The molecule has 3 aromatic rings. The van der Waals surface area contributed by atoms with Gasteiger partial charge in [0.1, 0.15) is 5.69 Å². The number of carboxylic acid groups (broad SMARTS) is 1. The molecular formula is C16H10ClNO2. The van der Waals surface area contributed by atoms with E-state index in [9.17, 15) is 9.90 Å². The Bertz CT molecular complexity index is 800. The summed E-state index contributed by atoms with van der Waals surface area (Å²) in [5.41, 5.74) is 2.25. The number of aromatic carboxylic acids is 1. The van der Waals surface area contributed by atoms with Crippen LogP contribution in [0.1, 0.15) is 10.5 Å². The highest BCUT2D eigenvalue weighted by Gasteiger charge is 2.13. The number of nitrogens with zero attached hydrogens (tertiary/aromatic N) is 1. The van der Waals surface area contributed by atoms with E-state index in [0.29, 0.717) is 10.5 Å². The number of para-hydroxylation sites is 1. The van der Waals surface area contributed by atoms with E-state index in [-0.39, 0.29) is 5.69 Å². The fraction of sp³-hybridized carbons (Fsp3) is 0. The number of rotatable bonds is 2. The van der Waals surface area contributed by atoms with E-state index in [2.05, 4.69) is 4.98 Å². The highest BCUT2D eigenvalue weighted by atomic mass is 35.5. The average molecular weight is 284 g/mol. The Kier molecular flexibility index (Phi) is 3.12. The number of carbonyl (C=O) groups is 1. The lowest BCUT2D eigenvalue weighted by molar-refractivity contribution is 0.0691. The second-order valence-corrected chi connectivity index (χ2v) is 4.77. The number of hydrogen-bond donors (Lipinski definition) is 1. The standard InChI is InChI=1S/C16H10ClNO2/c17-13-8-4-7-11-12(10-5-2-1-3-6-10)9-14(16(19)20)18-15(11)13/h1-9H,(H,19,20). The van der Waals surface area contributed by atoms with E-state index < -0.39 is 5.97 Å². The second kappa shape index (κ2) is 4.94. The summed E-state index contributed by atoms with van der Waals surface area (Å²) in [7, 11) is 0. The fourth-order valence-corrected chi connectivity index (χ4v) is 2.40. The molecule has 0 saturated heterocycles. The van der Waals surface area contributed by atoms with Crippen LogP contribution in [0.3, 0.4) is 0 Å². The average Bonchev–Trinajstić information content (AvgIpc) is 2.47. The Hall–Kier alpha value is -2.39. The van der Waals surface area contributed by atoms with Crippen molar-refractivity contribution in [3.63, 3.8) is 0 Å². The zero-order valence-electron chi connectivity index (χ0n) is 10.4. The van der Waals surface area contributed by atoms with Crippen LogP contribution in [0.25, 0.3) is 22.0 Å². The van der Waals surface area contributed by atoms with Gasteiger partial charge in [0, 0.05) is 5.39 Å². The molecule has 3 rings (SSSR count). The lowest BCUT2D eigenvalue weighted by atomic mass is 10.00. The Morgan fingerprint density at radius 1 is 1.05 bits per heavy atom. The summed E-state index contributed by atoms with van der Waals surface area (Å²) < 4.78 is 0. The first-order valence-corrected chi connectivity index (χ1v) is 6.42. The third kappa shape index (κ3) is 2.12. The van der Waals surface area contributed by atoms with Crippen molar-refractivity contribution in [3.05, 3.63) is 65.3 Å². The number of halogens is 1. The van der Waals surface area contributed by atoms with Gasteiger partial charge in [0.25, 0.3) is 0 Å². The molecule has 0 bridgehead atoms. The van der Waals surface area contributed by atoms with E-state index in [1.165, 1.54) is 0 Å². The molecule has 98 valence electrons. The van der Waals surface area contributed by atoms with Gasteiger partial charge in [0.05, 0.1) is 10.5 Å². The minimum Gasteiger partial charge on any atom is -0.477 e. The Morgan fingerprint density at radius 3 is 2.50 bits per heavy atom. The first kappa shape index (κ1) is 12.6. The number of pyridine rings is 1. The molecule has 0 unspecified atom stereocenters. The van der Waals surface area contributed by atoms with Crippen molar-refractivity contribution in [2.75, 3.05) is 0 Å². The number of benzene rings is 2. The molecule has 1 heterocycles. The first-order valence-electron chi connectivity index (χ1n) is 6.05. The summed E-state index contributed by atoms with van der Waals surface area (Å²) in [4.78, 5) is 15.4. The lowest BCUT2D eigenvalue weighted by Crippen LogP contribution is -2.01. The van der Waals surface area contributed by atoms with E-state index >= 15 is 0 Å². The molecule has 0 aliphatic rings. The molecular weight excluding hydrogens is 274 g/mol. The zero-order valence-corrected chi connectivity index (χ0v) is 11.1. The summed E-state index contributed by atoms with van der Waals surface area (Å²) in [5, 5.41) is 10.5. The highest BCUT2D eigenvalue weighted by molar-refractivity contribution is 6.35. The summed E-state index contributed by atoms with van der Waals surface area (Å²) in [6.45, 7) is 0. The van der Waals surface area contributed by atoms with Crippen LogP contribution < -0.4 is 0 Å². The molecule has 0 spiro atoms. The van der Waals surface area contributed by atoms with Crippen molar-refractivity contribution in [1.82, 2.24) is 4.98 Å². The largest absolute Gasteiger partial charge is 0.477 e. The topological polar surface area (TPSA) is 50.2 Å². The third-order valence-corrected chi connectivity index (χ3v) is 3.40. The van der Waals surface area contributed by atoms with Crippen LogP contribution in [0.4, 0.5) is 0 Å². The summed E-state index contributed by atoms with van der Waals surface area (Å²) in [6, 6.07) is 16.6. The van der Waals surface area contributed by atoms with Gasteiger partial charge < -0.3 is 5.11 Å². The summed E-state index contributed by atoms with van der Waals surface area (Å²) in [6.07, 6.45) is 0. The van der Waals surface area contributed by atoms with Gasteiger partial charge in [-0.15, -0.1) is 0 Å². The molecule has 2 aromatic carbocycles. The predicted molar refractivity (Wildman–Crippen MR) is 79.1 cm³/mol. The Labute approximate surface area is 120 Å². The summed E-state index contributed by atoms with van der Waals surface area (Å²) in [5.74, 6) is -1.07. The lowest BCUT2D eigenvalue weighted by Gasteiger charge is -2.09. The van der Waals surface area contributed by atoms with Gasteiger partial charge in [-0.1, -0.05) is 54.1 Å². The van der Waals surface area contributed by atoms with Crippen molar-refractivity contribution >= 4 is 28.5 Å². The van der Waals surface area contributed by atoms with E-state index in [0.717, 1.165) is 16.5 Å². The van der Waals surface area contributed by atoms with Gasteiger partial charge in [0.2, 0.25) is 0 Å². The van der Waals surface area contributed by atoms with Crippen molar-refractivity contribution in [1.29, 1.82) is 0 Å². The maximum Gasteiger partial charge on any atom is 0.354 e. The van der Waals surface area contributed by atoms with Crippen LogP contribution in [0, 0.1) is 0 Å². The Morgan fingerprint density at radius 2 is 1.80 bits per heavy atom. The van der Waals surface area contributed by atoms with Crippen molar-refractivity contribution < 1.29 is 9.90 Å². The van der Waals surface area contributed by atoms with Crippen LogP contribution >= 0.6 is 11.6 Å². The maximum absolute atomic E-state index is 11.2. The maximum atomic E-state index is 11.2. The number of fused-ring (bicyclic) bond motifs is 1. The molecule has 0 saturated carbocycles. The van der Waals surface area contributed by atoms with Crippen LogP contribution in [-0.2, 0) is 0 Å². The Balaban J connectivity index is 2.40. The van der Waals surface area contributed by atoms with Crippen molar-refractivity contribution in [2.24, 2.45) is 0 Å². The summed E-state index contributed by atoms with van der Waals surface area (Å²) >= 11 is 6.14. The minimum atomic E-state index is -1.07. The zero-order chi connectivity index (χ0) is 14.1. The van der Waals surface area contributed by atoms with Gasteiger partial charge in [-0.3, -0.25) is 0 Å². The van der Waals surface area contributed by atoms with E-state index in [4.69, 9.17) is 11.6 Å². The normalized spacial score (nSPS) is 10.7. The molecule has 0 radical (unpaired) electrons. The molecule has 4 heteroatoms. The van der Waals surface area contributed by atoms with Crippen molar-refractivity contribution in [2.45, 2.75) is 0 Å². The van der Waals surface area contributed by atoms with Crippen LogP contribution in [0.2, 0.25) is 5.02 Å². The van der Waals surface area contributed by atoms with Crippen molar-refractivity contribution in [3.8, 4) is 11.1 Å². The molecule has 3 nitrogen and oxygen atoms in total. The first-order chi connectivity index (χ1) is 9.66. The number of aromatic nitrogens is 1. The van der Waals surface area contributed by atoms with Crippen LogP contribution in [-0.4, -0.2) is 16.1 Å². The SMILES string of the molecule is O=C(O)c1cc(-c2ccccc2)c2cccc(Cl)c2n1. The predicted octanol–water partition coefficient (Wildman–Crippen LogP) is 4.25. The molecule has 0 amide bonds. The monoisotopic (exact) mass is 283 g/mol. The molecule has 0 atom stereocenters. The molecule has 1 aromatic heterocycles. The molecule has 0 aliphatic heterocycles. The van der Waals surface area contributed by atoms with E-state index in [1.807, 2.05) is 42.5 Å². The highest BCUT2D eigenvalue weighted by Crippen LogP contribution is 2.31. The molecule has 0 fully saturated rings. The van der Waals surface area contributed by atoms with Gasteiger partial charge in [0.15, 0.2) is 0 Å². The van der Waals surface area contributed by atoms with Gasteiger partial charge in [-0.05, 0) is 23.3 Å². The minimum absolute atomic E-state index is 0.00977. The van der Waals surface area contributed by atoms with Crippen LogP contribution in [0.5, 0.6) is 0 Å². The van der Waals surface area contributed by atoms with Gasteiger partial charge in [-0.2, -0.15) is 0 Å². The number of hydrogen-bond acceptors (Lipinski definition) is 2. The second-order valence-electron chi connectivity index (χ2n) is 4.36. The quantitative estimate of drug-likeness (QED) is 0.765. The van der Waals surface area contributed by atoms with E-state index in [1.54, 1.807) is 12.1 Å². The fourth-order valence-electron chi connectivity index (χ4n) is 2.18. The smallest absolute Gasteiger partial charge is 0.354 e. The van der Waals surface area contributed by atoms with Gasteiger partial charge >= 0.3 is 5.97 Å². The van der Waals surface area contributed by atoms with Gasteiger partial charge in [-0.25, -0.2) is 9.78 Å². The molecule has 20 heavy (non-hydrogen) atoms. The third-order valence-electron chi connectivity index (χ3n) is 3.09. The molecule has 0 aliphatic carbocycles.